The van der Waals surface area contributed by atoms with Crippen LogP contribution in [0.1, 0.15) is 47.1 Å². The van der Waals surface area contributed by atoms with Crippen LogP contribution in [0.2, 0.25) is 0 Å². The van der Waals surface area contributed by atoms with Gasteiger partial charge in [-0.2, -0.15) is 10.4 Å². The first kappa shape index (κ1) is 20.9. The van der Waals surface area contributed by atoms with E-state index in [4.69, 9.17) is 5.26 Å². The molecule has 3 heterocycles. The van der Waals surface area contributed by atoms with Gasteiger partial charge in [-0.25, -0.2) is 15.0 Å². The summed E-state index contributed by atoms with van der Waals surface area (Å²) < 4.78 is 1.80. The lowest BCUT2D eigenvalue weighted by atomic mass is 10.1. The van der Waals surface area contributed by atoms with Gasteiger partial charge in [0.15, 0.2) is 0 Å². The highest BCUT2D eigenvalue weighted by molar-refractivity contribution is 6.04. The Kier molecular flexibility index (Phi) is 5.77. The van der Waals surface area contributed by atoms with Crippen molar-refractivity contribution < 1.29 is 4.79 Å². The highest BCUT2D eigenvalue weighted by atomic mass is 16.1. The van der Waals surface area contributed by atoms with E-state index >= 15 is 0 Å². The Labute approximate surface area is 185 Å². The minimum absolute atomic E-state index is 0.0781. The van der Waals surface area contributed by atoms with E-state index < -0.39 is 0 Å². The number of carbonyl (C=O) groups is 1. The highest BCUT2D eigenvalue weighted by Gasteiger charge is 2.12. The average molecular weight is 426 g/mol. The monoisotopic (exact) mass is 426 g/mol. The van der Waals surface area contributed by atoms with Gasteiger partial charge in [-0.3, -0.25) is 9.48 Å². The molecule has 9 heteroatoms. The number of rotatable bonds is 6. The number of benzene rings is 1. The number of nitriles is 1. The van der Waals surface area contributed by atoms with Crippen LogP contribution < -0.4 is 10.6 Å². The predicted molar refractivity (Wildman–Crippen MR) is 121 cm³/mol. The summed E-state index contributed by atoms with van der Waals surface area (Å²) >= 11 is 0. The molecule has 1 atom stereocenters. The van der Waals surface area contributed by atoms with Gasteiger partial charge in [0.05, 0.1) is 24.0 Å². The van der Waals surface area contributed by atoms with E-state index in [1.165, 1.54) is 6.20 Å². The van der Waals surface area contributed by atoms with Crippen LogP contribution in [0.5, 0.6) is 0 Å². The van der Waals surface area contributed by atoms with Crippen LogP contribution >= 0.6 is 0 Å². The second-order valence-electron chi connectivity index (χ2n) is 7.40. The van der Waals surface area contributed by atoms with E-state index in [0.29, 0.717) is 34.0 Å². The molecule has 32 heavy (non-hydrogen) atoms. The number of nitrogens with one attached hydrogen (secondary N) is 2. The second kappa shape index (κ2) is 8.81. The number of amides is 1. The smallest absolute Gasteiger partial charge is 0.257 e. The van der Waals surface area contributed by atoms with Crippen molar-refractivity contribution in [1.29, 1.82) is 5.26 Å². The van der Waals surface area contributed by atoms with Gasteiger partial charge in [-0.15, -0.1) is 0 Å². The molecule has 0 saturated carbocycles. The van der Waals surface area contributed by atoms with Crippen molar-refractivity contribution in [2.75, 3.05) is 10.6 Å². The van der Waals surface area contributed by atoms with Crippen molar-refractivity contribution >= 4 is 28.6 Å². The lowest BCUT2D eigenvalue weighted by Crippen LogP contribution is -2.14. The summed E-state index contributed by atoms with van der Waals surface area (Å²) in [6, 6.07) is 11.1. The Morgan fingerprint density at radius 1 is 1.25 bits per heavy atom. The Morgan fingerprint density at radius 2 is 2.09 bits per heavy atom. The van der Waals surface area contributed by atoms with Crippen molar-refractivity contribution in [1.82, 2.24) is 24.7 Å². The zero-order chi connectivity index (χ0) is 22.7. The Hall–Kier alpha value is -4.32. The summed E-state index contributed by atoms with van der Waals surface area (Å²) in [5.74, 6) is 0.339. The van der Waals surface area contributed by atoms with Gasteiger partial charge in [0.2, 0.25) is 5.65 Å². The number of hydrogen-bond donors (Lipinski definition) is 2. The number of fused-ring (bicyclic) bond motifs is 1. The molecule has 4 rings (SSSR count). The van der Waals surface area contributed by atoms with Crippen molar-refractivity contribution in [3.8, 4) is 6.07 Å². The first-order valence-corrected chi connectivity index (χ1v) is 10.2. The molecule has 0 aliphatic heterocycles. The summed E-state index contributed by atoms with van der Waals surface area (Å²) in [7, 11) is 0. The first-order chi connectivity index (χ1) is 15.5. The molecule has 160 valence electrons. The highest BCUT2D eigenvalue weighted by Crippen LogP contribution is 2.22. The lowest BCUT2D eigenvalue weighted by Gasteiger charge is -2.16. The van der Waals surface area contributed by atoms with E-state index in [0.717, 1.165) is 17.6 Å². The van der Waals surface area contributed by atoms with Crippen LogP contribution in [-0.2, 0) is 6.54 Å². The zero-order valence-corrected chi connectivity index (χ0v) is 18.0. The van der Waals surface area contributed by atoms with Gasteiger partial charge in [0, 0.05) is 18.4 Å². The molecule has 1 aromatic carbocycles. The number of hydrogen-bond acceptors (Lipinski definition) is 7. The molecule has 1 amide bonds. The Balaban J connectivity index is 1.48. The largest absolute Gasteiger partial charge is 0.362 e. The number of aromatic nitrogens is 5. The number of nitrogens with zero attached hydrogens (tertiary/aromatic N) is 6. The fourth-order valence-electron chi connectivity index (χ4n) is 3.29. The van der Waals surface area contributed by atoms with Gasteiger partial charge >= 0.3 is 0 Å². The van der Waals surface area contributed by atoms with Crippen LogP contribution in [0, 0.1) is 18.3 Å². The maximum Gasteiger partial charge on any atom is 0.257 e. The minimum Gasteiger partial charge on any atom is -0.362 e. The number of aryl methyl sites for hydroxylation is 2. The van der Waals surface area contributed by atoms with Crippen LogP contribution in [0.25, 0.3) is 11.2 Å². The first-order valence-electron chi connectivity index (χ1n) is 10.2. The SMILES string of the molecule is CCn1cc2ncc(N[C@@H](C)c3cccc(NC(=O)c4cnc(C#N)c(C)c4)c3)nc2n1. The van der Waals surface area contributed by atoms with Crippen molar-refractivity contribution in [3.05, 3.63) is 71.3 Å². The number of carbonyl (C=O) groups excluding carboxylic acids is 1. The molecule has 0 spiro atoms. The quantitative estimate of drug-likeness (QED) is 0.480. The summed E-state index contributed by atoms with van der Waals surface area (Å²) in [5, 5.41) is 19.6. The third-order valence-electron chi connectivity index (χ3n) is 5.06. The zero-order valence-electron chi connectivity index (χ0n) is 18.0. The van der Waals surface area contributed by atoms with Gasteiger partial charge < -0.3 is 10.6 Å². The standard InChI is InChI=1S/C23H22N8O/c1-4-31-13-20-22(30-31)29-21(12-26-20)27-15(3)16-6-5-7-18(9-16)28-23(32)17-8-14(2)19(10-24)25-11-17/h5-9,11-13,15H,4H2,1-3H3,(H,28,32)(H,27,29,30)/t15-/m0/s1. The van der Waals surface area contributed by atoms with Crippen LogP contribution in [0.3, 0.4) is 0 Å². The molecule has 0 bridgehead atoms. The van der Waals surface area contributed by atoms with Gasteiger partial charge in [-0.1, -0.05) is 12.1 Å². The topological polar surface area (TPSA) is 121 Å². The molecule has 3 aromatic heterocycles. The van der Waals surface area contributed by atoms with Crippen LogP contribution in [0.15, 0.2) is 48.9 Å². The van der Waals surface area contributed by atoms with Crippen molar-refractivity contribution in [3.63, 3.8) is 0 Å². The fraction of sp³-hybridized carbons (Fsp3) is 0.217. The van der Waals surface area contributed by atoms with E-state index in [9.17, 15) is 4.79 Å². The van der Waals surface area contributed by atoms with E-state index in [1.54, 1.807) is 23.9 Å². The molecule has 9 nitrogen and oxygen atoms in total. The van der Waals surface area contributed by atoms with Gasteiger partial charge in [0.25, 0.3) is 5.91 Å². The van der Waals surface area contributed by atoms with Crippen molar-refractivity contribution in [2.45, 2.75) is 33.4 Å². The molecule has 0 fully saturated rings. The second-order valence-corrected chi connectivity index (χ2v) is 7.40. The summed E-state index contributed by atoms with van der Waals surface area (Å²) in [6.45, 7) is 6.53. The van der Waals surface area contributed by atoms with E-state index in [-0.39, 0.29) is 11.9 Å². The van der Waals surface area contributed by atoms with E-state index in [2.05, 4.69) is 30.7 Å². The summed E-state index contributed by atoms with van der Waals surface area (Å²) in [5.41, 5.74) is 4.34. The van der Waals surface area contributed by atoms with Crippen molar-refractivity contribution in [2.24, 2.45) is 0 Å². The molecular weight excluding hydrogens is 404 g/mol. The minimum atomic E-state index is -0.286. The molecule has 0 aliphatic carbocycles. The number of anilines is 2. The fourth-order valence-corrected chi connectivity index (χ4v) is 3.29. The van der Waals surface area contributed by atoms with Crippen LogP contribution in [-0.4, -0.2) is 30.6 Å². The van der Waals surface area contributed by atoms with Gasteiger partial charge in [0.1, 0.15) is 23.1 Å². The lowest BCUT2D eigenvalue weighted by molar-refractivity contribution is 0.102. The normalized spacial score (nSPS) is 11.7. The Morgan fingerprint density at radius 3 is 2.84 bits per heavy atom. The van der Waals surface area contributed by atoms with Crippen LogP contribution in [0.4, 0.5) is 11.5 Å². The molecule has 0 saturated heterocycles. The molecular formula is C23H22N8O. The Bertz CT molecular complexity index is 1340. The van der Waals surface area contributed by atoms with E-state index in [1.807, 2.05) is 50.4 Å². The summed E-state index contributed by atoms with van der Waals surface area (Å²) in [4.78, 5) is 25.6. The molecule has 2 N–H and O–H groups in total. The third-order valence-corrected chi connectivity index (χ3v) is 5.06. The maximum atomic E-state index is 12.6. The maximum absolute atomic E-state index is 12.6. The third kappa shape index (κ3) is 4.39. The predicted octanol–water partition coefficient (Wildman–Crippen LogP) is 3.85. The molecule has 0 aliphatic rings. The molecule has 4 aromatic rings. The number of pyridine rings is 1. The average Bonchev–Trinajstić information content (AvgIpc) is 3.21. The van der Waals surface area contributed by atoms with Gasteiger partial charge in [-0.05, 0) is 50.1 Å². The molecule has 0 unspecified atom stereocenters. The molecule has 0 radical (unpaired) electrons. The summed E-state index contributed by atoms with van der Waals surface area (Å²) in [6.07, 6.45) is 4.96.